The second kappa shape index (κ2) is 3.86. The number of rotatable bonds is 1. The molecule has 0 aliphatic carbocycles. The Labute approximate surface area is 103 Å². The lowest BCUT2D eigenvalue weighted by molar-refractivity contribution is 0.411. The van der Waals surface area contributed by atoms with Crippen molar-refractivity contribution in [2.24, 2.45) is 0 Å². The molecule has 2 aromatic heterocycles. The van der Waals surface area contributed by atoms with Crippen molar-refractivity contribution >= 4 is 21.4 Å². The van der Waals surface area contributed by atoms with Gasteiger partial charge < -0.3 is 4.90 Å². The van der Waals surface area contributed by atoms with Gasteiger partial charge in [0.25, 0.3) is 0 Å². The molecule has 0 aromatic carbocycles. The summed E-state index contributed by atoms with van der Waals surface area (Å²) in [7, 11) is 2.18. The monoisotopic (exact) mass is 279 g/mol. The molecule has 0 bridgehead atoms. The Morgan fingerprint density at radius 1 is 1.44 bits per heavy atom. The van der Waals surface area contributed by atoms with Crippen LogP contribution in [-0.4, -0.2) is 34.7 Å². The molecule has 1 saturated heterocycles. The van der Waals surface area contributed by atoms with Crippen molar-refractivity contribution in [2.75, 3.05) is 20.1 Å². The molecule has 2 aromatic rings. The van der Waals surface area contributed by atoms with E-state index in [1.54, 1.807) is 0 Å². The van der Waals surface area contributed by atoms with E-state index < -0.39 is 0 Å². The molecule has 4 heteroatoms. The van der Waals surface area contributed by atoms with Crippen LogP contribution in [0.25, 0.3) is 5.52 Å². The van der Waals surface area contributed by atoms with Gasteiger partial charge in [-0.25, -0.2) is 4.52 Å². The van der Waals surface area contributed by atoms with Crippen LogP contribution in [-0.2, 0) is 0 Å². The number of hydrogen-bond acceptors (Lipinski definition) is 2. The summed E-state index contributed by atoms with van der Waals surface area (Å²) in [6, 6.07) is 4.37. The van der Waals surface area contributed by atoms with Gasteiger partial charge in [0.2, 0.25) is 0 Å². The van der Waals surface area contributed by atoms with E-state index in [0.717, 1.165) is 16.5 Å². The SMILES string of the molecule is CN1CCC(c2ccc3c(Br)cnn3c2)C1. The minimum Gasteiger partial charge on any atom is -0.306 e. The summed E-state index contributed by atoms with van der Waals surface area (Å²) in [5, 5.41) is 4.33. The zero-order valence-electron chi connectivity index (χ0n) is 9.23. The summed E-state index contributed by atoms with van der Waals surface area (Å²) in [6.45, 7) is 2.36. The number of nitrogens with zero attached hydrogens (tertiary/aromatic N) is 3. The molecule has 1 fully saturated rings. The number of likely N-dealkylation sites (N-methyl/N-ethyl adjacent to an activating group) is 1. The number of aromatic nitrogens is 2. The fourth-order valence-electron chi connectivity index (χ4n) is 2.42. The van der Waals surface area contributed by atoms with E-state index >= 15 is 0 Å². The molecule has 3 rings (SSSR count). The van der Waals surface area contributed by atoms with Gasteiger partial charge in [0, 0.05) is 12.7 Å². The molecule has 1 unspecified atom stereocenters. The quantitative estimate of drug-likeness (QED) is 0.800. The largest absolute Gasteiger partial charge is 0.306 e. The van der Waals surface area contributed by atoms with Gasteiger partial charge in [-0.05, 0) is 53.5 Å². The smallest absolute Gasteiger partial charge is 0.0804 e. The van der Waals surface area contributed by atoms with Crippen LogP contribution in [0.4, 0.5) is 0 Å². The van der Waals surface area contributed by atoms with E-state index in [0.29, 0.717) is 5.92 Å². The number of likely N-dealkylation sites (tertiary alicyclic amines) is 1. The van der Waals surface area contributed by atoms with Crippen molar-refractivity contribution in [3.05, 3.63) is 34.6 Å². The summed E-state index contributed by atoms with van der Waals surface area (Å²) in [5.74, 6) is 0.664. The van der Waals surface area contributed by atoms with E-state index in [-0.39, 0.29) is 0 Å². The second-order valence-corrected chi connectivity index (χ2v) is 5.39. The topological polar surface area (TPSA) is 20.5 Å². The highest BCUT2D eigenvalue weighted by Gasteiger charge is 2.21. The van der Waals surface area contributed by atoms with Crippen molar-refractivity contribution in [1.29, 1.82) is 0 Å². The lowest BCUT2D eigenvalue weighted by atomic mass is 10.0. The third kappa shape index (κ3) is 1.66. The van der Waals surface area contributed by atoms with Crippen LogP contribution in [0.3, 0.4) is 0 Å². The van der Waals surface area contributed by atoms with Crippen molar-refractivity contribution in [3.8, 4) is 0 Å². The predicted molar refractivity (Wildman–Crippen MR) is 67.7 cm³/mol. The number of halogens is 1. The zero-order chi connectivity index (χ0) is 11.1. The maximum atomic E-state index is 4.33. The Morgan fingerprint density at radius 3 is 3.06 bits per heavy atom. The maximum absolute atomic E-state index is 4.33. The lowest BCUT2D eigenvalue weighted by Gasteiger charge is -2.10. The second-order valence-electron chi connectivity index (χ2n) is 4.53. The van der Waals surface area contributed by atoms with Crippen molar-refractivity contribution in [1.82, 2.24) is 14.5 Å². The molecule has 1 aliphatic heterocycles. The van der Waals surface area contributed by atoms with Gasteiger partial charge in [0.15, 0.2) is 0 Å². The van der Waals surface area contributed by atoms with Crippen LogP contribution in [0.5, 0.6) is 0 Å². The van der Waals surface area contributed by atoms with Crippen LogP contribution in [0.2, 0.25) is 0 Å². The third-order valence-electron chi connectivity index (χ3n) is 3.35. The van der Waals surface area contributed by atoms with Crippen molar-refractivity contribution < 1.29 is 0 Å². The first kappa shape index (κ1) is 10.3. The van der Waals surface area contributed by atoms with Gasteiger partial charge in [-0.3, -0.25) is 0 Å². The van der Waals surface area contributed by atoms with Gasteiger partial charge in [-0.2, -0.15) is 5.10 Å². The molecule has 3 heterocycles. The Morgan fingerprint density at radius 2 is 2.31 bits per heavy atom. The van der Waals surface area contributed by atoms with Gasteiger partial charge in [0.05, 0.1) is 16.2 Å². The summed E-state index contributed by atoms with van der Waals surface area (Å²) in [6.07, 6.45) is 5.26. The summed E-state index contributed by atoms with van der Waals surface area (Å²) in [5.41, 5.74) is 2.53. The zero-order valence-corrected chi connectivity index (χ0v) is 10.8. The number of hydrogen-bond donors (Lipinski definition) is 0. The number of pyridine rings is 1. The summed E-state index contributed by atoms with van der Waals surface area (Å²) in [4.78, 5) is 2.38. The van der Waals surface area contributed by atoms with Crippen LogP contribution in [0.15, 0.2) is 29.0 Å². The highest BCUT2D eigenvalue weighted by atomic mass is 79.9. The van der Waals surface area contributed by atoms with Crippen molar-refractivity contribution in [3.63, 3.8) is 0 Å². The van der Waals surface area contributed by atoms with Crippen LogP contribution in [0, 0.1) is 0 Å². The molecular formula is C12H14BrN3. The van der Waals surface area contributed by atoms with Gasteiger partial charge >= 0.3 is 0 Å². The third-order valence-corrected chi connectivity index (χ3v) is 3.97. The van der Waals surface area contributed by atoms with E-state index in [1.165, 1.54) is 18.5 Å². The normalized spacial score (nSPS) is 22.0. The van der Waals surface area contributed by atoms with E-state index in [4.69, 9.17) is 0 Å². The predicted octanol–water partition coefficient (Wildman–Crippen LogP) is 2.52. The van der Waals surface area contributed by atoms with Gasteiger partial charge in [-0.15, -0.1) is 0 Å². The summed E-state index contributed by atoms with van der Waals surface area (Å²) < 4.78 is 3.01. The molecule has 0 radical (unpaired) electrons. The first-order valence-corrected chi connectivity index (χ1v) is 6.34. The Balaban J connectivity index is 1.99. The standard InChI is InChI=1S/C12H14BrN3/c1-15-5-4-10(7-15)9-2-3-12-11(13)6-14-16(12)8-9/h2-3,6,8,10H,4-5,7H2,1H3. The first-order chi connectivity index (χ1) is 7.74. The van der Waals surface area contributed by atoms with Crippen LogP contribution in [0.1, 0.15) is 17.9 Å². The minimum absolute atomic E-state index is 0.664. The number of fused-ring (bicyclic) bond motifs is 1. The highest BCUT2D eigenvalue weighted by molar-refractivity contribution is 9.10. The van der Waals surface area contributed by atoms with E-state index in [9.17, 15) is 0 Å². The molecule has 1 atom stereocenters. The Bertz CT molecular complexity index is 520. The molecule has 1 aliphatic rings. The molecule has 0 saturated carbocycles. The molecule has 0 spiro atoms. The molecule has 0 N–H and O–H groups in total. The van der Waals surface area contributed by atoms with Crippen molar-refractivity contribution in [2.45, 2.75) is 12.3 Å². The van der Waals surface area contributed by atoms with Gasteiger partial charge in [-0.1, -0.05) is 6.07 Å². The molecule has 0 amide bonds. The molecule has 16 heavy (non-hydrogen) atoms. The molecule has 84 valence electrons. The highest BCUT2D eigenvalue weighted by Crippen LogP contribution is 2.27. The van der Waals surface area contributed by atoms with Crippen LogP contribution < -0.4 is 0 Å². The van der Waals surface area contributed by atoms with E-state index in [2.05, 4.69) is 51.3 Å². The maximum Gasteiger partial charge on any atom is 0.0804 e. The lowest BCUT2D eigenvalue weighted by Crippen LogP contribution is -2.13. The Kier molecular flexibility index (Phi) is 2.48. The fourth-order valence-corrected chi connectivity index (χ4v) is 2.82. The fraction of sp³-hybridized carbons (Fsp3) is 0.417. The average Bonchev–Trinajstić information content (AvgIpc) is 2.86. The minimum atomic E-state index is 0.664. The summed E-state index contributed by atoms with van der Waals surface area (Å²) >= 11 is 3.49. The first-order valence-electron chi connectivity index (χ1n) is 5.55. The molecule has 3 nitrogen and oxygen atoms in total. The van der Waals surface area contributed by atoms with Gasteiger partial charge in [0.1, 0.15) is 0 Å². The average molecular weight is 280 g/mol. The van der Waals surface area contributed by atoms with E-state index in [1.807, 2.05) is 10.7 Å². The molecular weight excluding hydrogens is 266 g/mol. The van der Waals surface area contributed by atoms with Crippen LogP contribution >= 0.6 is 15.9 Å². The Hall–Kier alpha value is -0.870.